The molecular formula is C18H15NO4. The maximum Gasteiger partial charge on any atom is 0.377 e. The van der Waals surface area contributed by atoms with Crippen LogP contribution in [0, 0.1) is 6.92 Å². The molecule has 5 heteroatoms. The summed E-state index contributed by atoms with van der Waals surface area (Å²) < 4.78 is 16.0. The Bertz CT molecular complexity index is 796. The Labute approximate surface area is 133 Å². The maximum atomic E-state index is 11.9. The number of carbonyl (C=O) groups is 1. The lowest BCUT2D eigenvalue weighted by Gasteiger charge is -2.11. The van der Waals surface area contributed by atoms with Crippen molar-refractivity contribution in [3.05, 3.63) is 77.7 Å². The van der Waals surface area contributed by atoms with Gasteiger partial charge in [0.15, 0.2) is 0 Å². The lowest BCUT2D eigenvalue weighted by molar-refractivity contribution is 0.0424. The van der Waals surface area contributed by atoms with E-state index in [0.29, 0.717) is 11.4 Å². The third-order valence-corrected chi connectivity index (χ3v) is 3.13. The van der Waals surface area contributed by atoms with Gasteiger partial charge in [-0.05, 0) is 25.1 Å². The second-order valence-electron chi connectivity index (χ2n) is 4.93. The van der Waals surface area contributed by atoms with E-state index in [1.165, 1.54) is 6.07 Å². The average molecular weight is 309 g/mol. The predicted molar refractivity (Wildman–Crippen MR) is 83.3 cm³/mol. The number of aryl methyl sites for hydroxylation is 1. The van der Waals surface area contributed by atoms with E-state index in [2.05, 4.69) is 5.16 Å². The molecule has 0 atom stereocenters. The van der Waals surface area contributed by atoms with Crippen LogP contribution in [0.5, 0.6) is 11.5 Å². The number of hydrogen-bond acceptors (Lipinski definition) is 5. The summed E-state index contributed by atoms with van der Waals surface area (Å²) in [4.78, 5) is 11.9. The Morgan fingerprint density at radius 3 is 2.57 bits per heavy atom. The van der Waals surface area contributed by atoms with Gasteiger partial charge in [-0.25, -0.2) is 4.79 Å². The van der Waals surface area contributed by atoms with Crippen LogP contribution in [0.25, 0.3) is 0 Å². The van der Waals surface area contributed by atoms with Gasteiger partial charge in [0.2, 0.25) is 5.76 Å². The number of esters is 1. The van der Waals surface area contributed by atoms with Gasteiger partial charge >= 0.3 is 5.97 Å². The predicted octanol–water partition coefficient (Wildman–Crippen LogP) is 4.13. The Balaban J connectivity index is 1.69. The van der Waals surface area contributed by atoms with E-state index < -0.39 is 5.97 Å². The molecule has 0 bridgehead atoms. The topological polar surface area (TPSA) is 61.6 Å². The molecule has 0 spiro atoms. The molecule has 0 saturated carbocycles. The summed E-state index contributed by atoms with van der Waals surface area (Å²) in [6.07, 6.45) is 0. The third-order valence-electron chi connectivity index (χ3n) is 3.13. The van der Waals surface area contributed by atoms with Crippen molar-refractivity contribution < 1.29 is 18.8 Å². The molecule has 3 aromatic rings. The normalized spacial score (nSPS) is 10.3. The summed E-state index contributed by atoms with van der Waals surface area (Å²) in [7, 11) is 0. The van der Waals surface area contributed by atoms with Gasteiger partial charge in [0.25, 0.3) is 0 Å². The minimum absolute atomic E-state index is 0.0849. The van der Waals surface area contributed by atoms with Crippen LogP contribution in [0.15, 0.2) is 65.2 Å². The molecule has 2 aromatic carbocycles. The first kappa shape index (κ1) is 14.8. The lowest BCUT2D eigenvalue weighted by Crippen LogP contribution is -2.05. The molecule has 0 N–H and O–H groups in total. The van der Waals surface area contributed by atoms with E-state index in [0.717, 1.165) is 11.3 Å². The summed E-state index contributed by atoms with van der Waals surface area (Å²) in [5.74, 6) is 0.890. The van der Waals surface area contributed by atoms with E-state index >= 15 is 0 Å². The fourth-order valence-electron chi connectivity index (χ4n) is 2.01. The van der Waals surface area contributed by atoms with E-state index in [1.807, 2.05) is 54.6 Å². The van der Waals surface area contributed by atoms with Gasteiger partial charge in [0.05, 0.1) is 5.69 Å². The van der Waals surface area contributed by atoms with Crippen molar-refractivity contribution in [1.29, 1.82) is 0 Å². The van der Waals surface area contributed by atoms with Gasteiger partial charge in [0, 0.05) is 11.6 Å². The van der Waals surface area contributed by atoms with Crippen molar-refractivity contribution in [2.75, 3.05) is 0 Å². The molecule has 0 unspecified atom stereocenters. The van der Waals surface area contributed by atoms with Gasteiger partial charge in [-0.3, -0.25) is 0 Å². The quantitative estimate of drug-likeness (QED) is 0.663. The summed E-state index contributed by atoms with van der Waals surface area (Å²) >= 11 is 0. The highest BCUT2D eigenvalue weighted by Gasteiger charge is 2.14. The number of benzene rings is 2. The van der Waals surface area contributed by atoms with E-state index in [9.17, 15) is 4.79 Å². The monoisotopic (exact) mass is 309 g/mol. The molecule has 23 heavy (non-hydrogen) atoms. The average Bonchev–Trinajstić information content (AvgIpc) is 3.01. The standard InChI is InChI=1S/C18H15NO4/c1-13-11-17(23-19-13)18(20)21-12-14-7-5-6-10-16(14)22-15-8-3-2-4-9-15/h2-11H,12H2,1H3. The number of ether oxygens (including phenoxy) is 2. The number of nitrogens with zero attached hydrogens (tertiary/aromatic N) is 1. The first-order chi connectivity index (χ1) is 11.2. The van der Waals surface area contributed by atoms with Gasteiger partial charge in [0.1, 0.15) is 18.1 Å². The van der Waals surface area contributed by atoms with Crippen molar-refractivity contribution in [3.8, 4) is 11.5 Å². The van der Waals surface area contributed by atoms with Crippen molar-refractivity contribution >= 4 is 5.97 Å². The zero-order valence-electron chi connectivity index (χ0n) is 12.6. The highest BCUT2D eigenvalue weighted by Crippen LogP contribution is 2.25. The van der Waals surface area contributed by atoms with Crippen LogP contribution in [-0.4, -0.2) is 11.1 Å². The van der Waals surface area contributed by atoms with Gasteiger partial charge < -0.3 is 14.0 Å². The zero-order chi connectivity index (χ0) is 16.1. The summed E-state index contributed by atoms with van der Waals surface area (Å²) in [5, 5.41) is 3.67. The molecule has 0 radical (unpaired) electrons. The minimum Gasteiger partial charge on any atom is -0.457 e. The van der Waals surface area contributed by atoms with E-state index in [4.69, 9.17) is 14.0 Å². The van der Waals surface area contributed by atoms with Crippen molar-refractivity contribution in [2.24, 2.45) is 0 Å². The second kappa shape index (κ2) is 6.79. The molecule has 1 aromatic heterocycles. The van der Waals surface area contributed by atoms with Crippen molar-refractivity contribution in [2.45, 2.75) is 13.5 Å². The van der Waals surface area contributed by atoms with Crippen LogP contribution in [0.4, 0.5) is 0 Å². The van der Waals surface area contributed by atoms with Crippen molar-refractivity contribution in [1.82, 2.24) is 5.16 Å². The number of carbonyl (C=O) groups excluding carboxylic acids is 1. The molecular weight excluding hydrogens is 294 g/mol. The minimum atomic E-state index is -0.555. The largest absolute Gasteiger partial charge is 0.457 e. The molecule has 3 rings (SSSR count). The lowest BCUT2D eigenvalue weighted by atomic mass is 10.2. The zero-order valence-corrected chi connectivity index (χ0v) is 12.6. The highest BCUT2D eigenvalue weighted by molar-refractivity contribution is 5.86. The van der Waals surface area contributed by atoms with Crippen LogP contribution >= 0.6 is 0 Å². The Morgan fingerprint density at radius 1 is 1.09 bits per heavy atom. The first-order valence-corrected chi connectivity index (χ1v) is 7.13. The smallest absolute Gasteiger partial charge is 0.377 e. The molecule has 0 aliphatic rings. The van der Waals surface area contributed by atoms with E-state index in [-0.39, 0.29) is 12.4 Å². The van der Waals surface area contributed by atoms with Crippen LogP contribution in [-0.2, 0) is 11.3 Å². The van der Waals surface area contributed by atoms with Crippen LogP contribution < -0.4 is 4.74 Å². The number of hydrogen-bond donors (Lipinski definition) is 0. The fourth-order valence-corrected chi connectivity index (χ4v) is 2.01. The molecule has 0 saturated heterocycles. The van der Waals surface area contributed by atoms with Crippen LogP contribution in [0.3, 0.4) is 0 Å². The van der Waals surface area contributed by atoms with Gasteiger partial charge in [-0.2, -0.15) is 0 Å². The summed E-state index contributed by atoms with van der Waals surface area (Å²) in [6, 6.07) is 18.4. The van der Waals surface area contributed by atoms with Gasteiger partial charge in [-0.15, -0.1) is 0 Å². The van der Waals surface area contributed by atoms with Crippen LogP contribution in [0.1, 0.15) is 21.8 Å². The van der Waals surface area contributed by atoms with Crippen LogP contribution in [0.2, 0.25) is 0 Å². The summed E-state index contributed by atoms with van der Waals surface area (Å²) in [5.41, 5.74) is 1.39. The molecule has 0 aliphatic heterocycles. The number of aromatic nitrogens is 1. The Kier molecular flexibility index (Phi) is 4.38. The first-order valence-electron chi connectivity index (χ1n) is 7.13. The number of para-hydroxylation sites is 2. The molecule has 1 heterocycles. The molecule has 5 nitrogen and oxygen atoms in total. The molecule has 0 aliphatic carbocycles. The fraction of sp³-hybridized carbons (Fsp3) is 0.111. The number of rotatable bonds is 5. The van der Waals surface area contributed by atoms with E-state index in [1.54, 1.807) is 6.92 Å². The SMILES string of the molecule is Cc1cc(C(=O)OCc2ccccc2Oc2ccccc2)on1. The molecule has 0 amide bonds. The Hall–Kier alpha value is -3.08. The van der Waals surface area contributed by atoms with Gasteiger partial charge in [-0.1, -0.05) is 41.6 Å². The Morgan fingerprint density at radius 2 is 1.83 bits per heavy atom. The second-order valence-corrected chi connectivity index (χ2v) is 4.93. The molecule has 116 valence electrons. The molecule has 0 fully saturated rings. The summed E-state index contributed by atoms with van der Waals surface area (Å²) in [6.45, 7) is 1.82. The van der Waals surface area contributed by atoms with Crippen molar-refractivity contribution in [3.63, 3.8) is 0 Å². The highest BCUT2D eigenvalue weighted by atomic mass is 16.6. The third kappa shape index (κ3) is 3.77. The maximum absolute atomic E-state index is 11.9.